The Hall–Kier alpha value is -0.200. The lowest BCUT2D eigenvalue weighted by atomic mass is 10.0. The van der Waals surface area contributed by atoms with Gasteiger partial charge < -0.3 is 19.9 Å². The molecule has 0 aromatic carbocycles. The third-order valence-corrected chi connectivity index (χ3v) is 3.71. The first-order valence-corrected chi connectivity index (χ1v) is 6.79. The van der Waals surface area contributed by atoms with Crippen molar-refractivity contribution < 1.29 is 14.2 Å². The molecule has 1 aliphatic rings. The predicted octanol–water partition coefficient (Wildman–Crippen LogP) is 0.822. The van der Waals surface area contributed by atoms with Crippen LogP contribution in [0.5, 0.6) is 0 Å². The number of hydrogen-bond donors (Lipinski definition) is 1. The Kier molecular flexibility index (Phi) is 7.11. The van der Waals surface area contributed by atoms with E-state index in [9.17, 15) is 0 Å². The Labute approximate surface area is 111 Å². The van der Waals surface area contributed by atoms with Gasteiger partial charge >= 0.3 is 0 Å². The van der Waals surface area contributed by atoms with Gasteiger partial charge in [0.05, 0.1) is 12.7 Å². The van der Waals surface area contributed by atoms with Gasteiger partial charge in [-0.15, -0.1) is 0 Å². The largest absolute Gasteiger partial charge is 0.376 e. The number of rotatable bonds is 7. The van der Waals surface area contributed by atoms with E-state index < -0.39 is 0 Å². The minimum absolute atomic E-state index is 0.186. The first-order chi connectivity index (χ1) is 8.65. The van der Waals surface area contributed by atoms with Crippen molar-refractivity contribution in [3.8, 4) is 0 Å². The van der Waals surface area contributed by atoms with Crippen molar-refractivity contribution in [2.45, 2.75) is 51.2 Å². The smallest absolute Gasteiger partial charge is 0.158 e. The summed E-state index contributed by atoms with van der Waals surface area (Å²) in [6.07, 6.45) is 1.96. The summed E-state index contributed by atoms with van der Waals surface area (Å²) in [7, 11) is 3.34. The molecule has 0 spiro atoms. The van der Waals surface area contributed by atoms with Crippen LogP contribution >= 0.6 is 0 Å². The molecule has 1 saturated heterocycles. The Morgan fingerprint density at radius 3 is 2.56 bits per heavy atom. The monoisotopic (exact) mass is 260 g/mol. The minimum atomic E-state index is -0.186. The van der Waals surface area contributed by atoms with E-state index in [-0.39, 0.29) is 18.4 Å². The summed E-state index contributed by atoms with van der Waals surface area (Å²) >= 11 is 0. The van der Waals surface area contributed by atoms with E-state index in [2.05, 4.69) is 18.7 Å². The first kappa shape index (κ1) is 15.9. The molecule has 108 valence electrons. The number of hydrogen-bond acceptors (Lipinski definition) is 5. The summed E-state index contributed by atoms with van der Waals surface area (Å²) in [4.78, 5) is 2.46. The van der Waals surface area contributed by atoms with Gasteiger partial charge in [-0.25, -0.2) is 0 Å². The average Bonchev–Trinajstić information content (AvgIpc) is 2.40. The van der Waals surface area contributed by atoms with Crippen molar-refractivity contribution in [1.82, 2.24) is 4.90 Å². The standard InChI is InChI=1S/C13H28N2O3/c1-5-11-9-18-10(2)8-15(11)12(7-14)6-13(16-3)17-4/h10-13H,5-9,14H2,1-4H3. The van der Waals surface area contributed by atoms with Gasteiger partial charge in [0.25, 0.3) is 0 Å². The molecule has 0 bridgehead atoms. The molecule has 3 unspecified atom stereocenters. The molecular weight excluding hydrogens is 232 g/mol. The van der Waals surface area contributed by atoms with Gasteiger partial charge in [0.15, 0.2) is 6.29 Å². The fraction of sp³-hybridized carbons (Fsp3) is 1.00. The molecule has 1 fully saturated rings. The number of nitrogens with two attached hydrogens (primary N) is 1. The molecule has 0 aromatic heterocycles. The molecule has 1 heterocycles. The van der Waals surface area contributed by atoms with Crippen LogP contribution in [0, 0.1) is 0 Å². The SMILES string of the molecule is CCC1COC(C)CN1C(CN)CC(OC)OC. The Balaban J connectivity index is 2.64. The molecule has 0 amide bonds. The highest BCUT2D eigenvalue weighted by Gasteiger charge is 2.31. The van der Waals surface area contributed by atoms with Crippen molar-refractivity contribution in [1.29, 1.82) is 0 Å². The fourth-order valence-electron chi connectivity index (χ4n) is 2.55. The molecule has 5 heteroatoms. The molecule has 0 aliphatic carbocycles. The van der Waals surface area contributed by atoms with Gasteiger partial charge in [0.2, 0.25) is 0 Å². The van der Waals surface area contributed by atoms with E-state index in [0.29, 0.717) is 12.6 Å². The van der Waals surface area contributed by atoms with Gasteiger partial charge in [0.1, 0.15) is 0 Å². The molecule has 5 nitrogen and oxygen atoms in total. The number of morpholine rings is 1. The van der Waals surface area contributed by atoms with Crippen LogP contribution in [0.4, 0.5) is 0 Å². The van der Waals surface area contributed by atoms with Crippen LogP contribution in [0.3, 0.4) is 0 Å². The zero-order chi connectivity index (χ0) is 13.5. The molecule has 0 saturated carbocycles. The Morgan fingerprint density at radius 2 is 2.06 bits per heavy atom. The van der Waals surface area contributed by atoms with Crippen LogP contribution < -0.4 is 5.73 Å². The Bertz CT molecular complexity index is 224. The van der Waals surface area contributed by atoms with Crippen LogP contribution in [-0.4, -0.2) is 63.3 Å². The van der Waals surface area contributed by atoms with Crippen molar-refractivity contribution >= 4 is 0 Å². The molecule has 1 aliphatic heterocycles. The third-order valence-electron chi connectivity index (χ3n) is 3.71. The van der Waals surface area contributed by atoms with Gasteiger partial charge in [-0.05, 0) is 13.3 Å². The van der Waals surface area contributed by atoms with Gasteiger partial charge in [-0.1, -0.05) is 6.92 Å². The van der Waals surface area contributed by atoms with Crippen LogP contribution in [0.15, 0.2) is 0 Å². The second-order valence-corrected chi connectivity index (χ2v) is 4.93. The highest BCUT2D eigenvalue weighted by atomic mass is 16.7. The average molecular weight is 260 g/mol. The highest BCUT2D eigenvalue weighted by molar-refractivity contribution is 4.84. The van der Waals surface area contributed by atoms with Crippen molar-refractivity contribution in [3.05, 3.63) is 0 Å². The maximum atomic E-state index is 5.93. The van der Waals surface area contributed by atoms with E-state index in [1.54, 1.807) is 14.2 Å². The number of ether oxygens (including phenoxy) is 3. The van der Waals surface area contributed by atoms with E-state index in [1.807, 2.05) is 0 Å². The van der Waals surface area contributed by atoms with Crippen LogP contribution in [0.1, 0.15) is 26.7 Å². The quantitative estimate of drug-likeness (QED) is 0.687. The molecule has 3 atom stereocenters. The number of nitrogens with zero attached hydrogens (tertiary/aromatic N) is 1. The van der Waals surface area contributed by atoms with Gasteiger partial charge in [-0.3, -0.25) is 4.90 Å². The summed E-state index contributed by atoms with van der Waals surface area (Å²) in [5.74, 6) is 0. The number of methoxy groups -OCH3 is 2. The lowest BCUT2D eigenvalue weighted by molar-refractivity contribution is -0.131. The minimum Gasteiger partial charge on any atom is -0.376 e. The van der Waals surface area contributed by atoms with Gasteiger partial charge in [0, 0.05) is 45.8 Å². The van der Waals surface area contributed by atoms with Crippen LogP contribution in [-0.2, 0) is 14.2 Å². The summed E-state index contributed by atoms with van der Waals surface area (Å²) in [5, 5.41) is 0. The second-order valence-electron chi connectivity index (χ2n) is 4.93. The van der Waals surface area contributed by atoms with Crippen LogP contribution in [0.2, 0.25) is 0 Å². The lowest BCUT2D eigenvalue weighted by Crippen LogP contribution is -2.56. The second kappa shape index (κ2) is 8.07. The first-order valence-electron chi connectivity index (χ1n) is 6.79. The molecule has 2 N–H and O–H groups in total. The normalized spacial score (nSPS) is 27.7. The summed E-state index contributed by atoms with van der Waals surface area (Å²) in [5.41, 5.74) is 5.93. The van der Waals surface area contributed by atoms with Crippen molar-refractivity contribution in [3.63, 3.8) is 0 Å². The maximum Gasteiger partial charge on any atom is 0.158 e. The molecular formula is C13H28N2O3. The third kappa shape index (κ3) is 4.17. The summed E-state index contributed by atoms with van der Waals surface area (Å²) < 4.78 is 16.3. The zero-order valence-corrected chi connectivity index (χ0v) is 12.1. The van der Waals surface area contributed by atoms with Gasteiger partial charge in [-0.2, -0.15) is 0 Å². The predicted molar refractivity (Wildman–Crippen MR) is 71.5 cm³/mol. The summed E-state index contributed by atoms with van der Waals surface area (Å²) in [6, 6.07) is 0.732. The van der Waals surface area contributed by atoms with Crippen molar-refractivity contribution in [2.24, 2.45) is 5.73 Å². The molecule has 0 radical (unpaired) electrons. The van der Waals surface area contributed by atoms with E-state index in [1.165, 1.54) is 0 Å². The highest BCUT2D eigenvalue weighted by Crippen LogP contribution is 2.20. The molecule has 0 aromatic rings. The lowest BCUT2D eigenvalue weighted by Gasteiger charge is -2.43. The van der Waals surface area contributed by atoms with E-state index in [4.69, 9.17) is 19.9 Å². The molecule has 18 heavy (non-hydrogen) atoms. The Morgan fingerprint density at radius 1 is 1.39 bits per heavy atom. The topological polar surface area (TPSA) is 57.0 Å². The summed E-state index contributed by atoms with van der Waals surface area (Å²) in [6.45, 7) is 6.64. The fourth-order valence-corrected chi connectivity index (χ4v) is 2.55. The van der Waals surface area contributed by atoms with E-state index >= 15 is 0 Å². The van der Waals surface area contributed by atoms with Crippen LogP contribution in [0.25, 0.3) is 0 Å². The zero-order valence-electron chi connectivity index (χ0n) is 12.1. The van der Waals surface area contributed by atoms with Crippen molar-refractivity contribution in [2.75, 3.05) is 33.9 Å². The van der Waals surface area contributed by atoms with E-state index in [0.717, 1.165) is 26.0 Å². The maximum absolute atomic E-state index is 5.93. The molecule has 1 rings (SSSR count).